The molecule has 0 aliphatic heterocycles. The second-order valence-corrected chi connectivity index (χ2v) is 24.4. The Balaban J connectivity index is 0.844. The average Bonchev–Trinajstić information content (AvgIpc) is 4.56. The van der Waals surface area contributed by atoms with Gasteiger partial charge in [0.1, 0.15) is 0 Å². The summed E-state index contributed by atoms with van der Waals surface area (Å²) in [4.78, 5) is 5.22. The monoisotopic (exact) mass is 981 g/mol. The van der Waals surface area contributed by atoms with Crippen molar-refractivity contribution in [3.05, 3.63) is 239 Å². The highest BCUT2D eigenvalue weighted by atomic mass is 15.2. The van der Waals surface area contributed by atoms with Crippen molar-refractivity contribution < 1.29 is 0 Å². The maximum Gasteiger partial charge on any atom is 0.0465 e. The second kappa shape index (κ2) is 16.1. The molecule has 0 radical (unpaired) electrons. The largest absolute Gasteiger partial charge is 0.310 e. The molecule has 4 saturated carbocycles. The number of anilines is 6. The molecule has 0 aromatic heterocycles. The Bertz CT molecular complexity index is 3380. The summed E-state index contributed by atoms with van der Waals surface area (Å²) in [5.74, 6) is 0. The van der Waals surface area contributed by atoms with Crippen LogP contribution in [0.3, 0.4) is 0 Å². The Hall–Kier alpha value is -7.42. The van der Waals surface area contributed by atoms with Crippen LogP contribution in [0.15, 0.2) is 194 Å². The van der Waals surface area contributed by atoms with Crippen molar-refractivity contribution in [2.75, 3.05) is 9.80 Å². The molecule has 0 saturated heterocycles. The molecule has 8 aliphatic carbocycles. The number of fused-ring (bicyclic) bond motifs is 20. The smallest absolute Gasteiger partial charge is 0.0465 e. The Kier molecular flexibility index (Phi) is 9.25. The summed E-state index contributed by atoms with van der Waals surface area (Å²) in [5, 5.41) is 0. The molecule has 0 heterocycles. The van der Waals surface area contributed by atoms with Crippen LogP contribution in [0.1, 0.15) is 147 Å². The van der Waals surface area contributed by atoms with Gasteiger partial charge in [0.2, 0.25) is 0 Å². The summed E-state index contributed by atoms with van der Waals surface area (Å²) >= 11 is 0. The lowest BCUT2D eigenvalue weighted by Gasteiger charge is -2.33. The molecular weight excluding hydrogens is 917 g/mol. The summed E-state index contributed by atoms with van der Waals surface area (Å²) in [5.41, 5.74) is 31.4. The highest BCUT2D eigenvalue weighted by Gasteiger charge is 2.49. The van der Waals surface area contributed by atoms with Gasteiger partial charge >= 0.3 is 0 Å². The lowest BCUT2D eigenvalue weighted by Crippen LogP contribution is -2.22. The minimum atomic E-state index is 0.0774. The van der Waals surface area contributed by atoms with E-state index >= 15 is 0 Å². The molecule has 0 atom stereocenters. The van der Waals surface area contributed by atoms with Crippen molar-refractivity contribution in [1.82, 2.24) is 0 Å². The molecule has 76 heavy (non-hydrogen) atoms. The predicted molar refractivity (Wildman–Crippen MR) is 315 cm³/mol. The van der Waals surface area contributed by atoms with E-state index in [1.165, 1.54) is 226 Å². The van der Waals surface area contributed by atoms with Gasteiger partial charge < -0.3 is 9.80 Å². The van der Waals surface area contributed by atoms with Gasteiger partial charge in [0.15, 0.2) is 0 Å². The minimum Gasteiger partial charge on any atom is -0.310 e. The molecule has 0 bridgehead atoms. The molecule has 9 aromatic carbocycles. The van der Waals surface area contributed by atoms with Gasteiger partial charge in [-0.15, -0.1) is 0 Å². The lowest BCUT2D eigenvalue weighted by molar-refractivity contribution is 0.549. The van der Waals surface area contributed by atoms with E-state index in [1.807, 2.05) is 0 Å². The normalized spacial score (nSPS) is 19.2. The first-order valence-corrected chi connectivity index (χ1v) is 29.3. The number of hydrogen-bond donors (Lipinski definition) is 0. The summed E-state index contributed by atoms with van der Waals surface area (Å²) in [6, 6.07) is 77.1. The zero-order valence-corrected chi connectivity index (χ0v) is 43.7. The third-order valence-corrected chi connectivity index (χ3v) is 21.2. The molecule has 0 N–H and O–H groups in total. The van der Waals surface area contributed by atoms with Gasteiger partial charge in [-0.25, -0.2) is 0 Å². The third-order valence-electron chi connectivity index (χ3n) is 21.2. The van der Waals surface area contributed by atoms with Crippen molar-refractivity contribution >= 4 is 34.1 Å². The van der Waals surface area contributed by atoms with Crippen LogP contribution in [-0.2, 0) is 21.7 Å². The Morgan fingerprint density at radius 3 is 0.632 bits per heavy atom. The fourth-order valence-electron chi connectivity index (χ4n) is 18.0. The zero-order chi connectivity index (χ0) is 49.8. The van der Waals surface area contributed by atoms with Crippen molar-refractivity contribution in [3.63, 3.8) is 0 Å². The van der Waals surface area contributed by atoms with E-state index in [1.54, 1.807) is 0 Å². The van der Waals surface area contributed by atoms with Crippen LogP contribution in [0.25, 0.3) is 44.5 Å². The summed E-state index contributed by atoms with van der Waals surface area (Å²) in [6.45, 7) is 0. The third kappa shape index (κ3) is 5.78. The molecule has 4 fully saturated rings. The standard InChI is InChI=1S/C74H64N2/c1-5-21-63-55(17-1)59-33-29-51(45-67(59)71(63)37-9-10-38-71)75(52-30-34-60-56-18-2-6-22-64(56)72(68(60)46-52)39-11-12-40-72)49-25-27-50(28-26-49)76(53-31-35-61-57-19-3-7-23-65(57)73(69(61)47-53)41-13-14-42-73)54-32-36-62-58-20-4-8-24-66(58)74(70(62)48-54)43-15-16-44-74/h1-8,17-36,45-48H,9-16,37-44H2. The fraction of sp³-hybridized carbons (Fsp3) is 0.270. The number of benzene rings is 9. The number of hydrogen-bond acceptors (Lipinski definition) is 2. The van der Waals surface area contributed by atoms with Crippen molar-refractivity contribution in [2.45, 2.75) is 124 Å². The second-order valence-electron chi connectivity index (χ2n) is 24.4. The van der Waals surface area contributed by atoms with Gasteiger partial charge in [-0.05, 0) is 213 Å². The number of nitrogens with zero attached hydrogens (tertiary/aromatic N) is 2. The SMILES string of the molecule is c1ccc2c(c1)-c1ccc(N(c3ccc(N(c4ccc5c(c4)C4(CCCC4)c4ccccc4-5)c4ccc5c(c4)C4(CCCC4)c4ccccc4-5)cc3)c3ccc4c(c3)C3(CCCC3)c3ccccc3-4)cc1C21CCCC1. The first-order valence-electron chi connectivity index (χ1n) is 29.3. The van der Waals surface area contributed by atoms with E-state index in [0.29, 0.717) is 0 Å². The Labute approximate surface area is 449 Å². The van der Waals surface area contributed by atoms with Crippen molar-refractivity contribution in [3.8, 4) is 44.5 Å². The molecule has 4 spiro atoms. The van der Waals surface area contributed by atoms with Crippen LogP contribution in [0.4, 0.5) is 34.1 Å². The van der Waals surface area contributed by atoms with Crippen LogP contribution in [0.5, 0.6) is 0 Å². The van der Waals surface area contributed by atoms with E-state index in [0.717, 1.165) is 0 Å². The maximum absolute atomic E-state index is 2.61. The lowest BCUT2D eigenvalue weighted by atomic mass is 9.76. The minimum absolute atomic E-state index is 0.0774. The molecular formula is C74H64N2. The van der Waals surface area contributed by atoms with Crippen LogP contribution >= 0.6 is 0 Å². The first-order chi connectivity index (χ1) is 37.6. The van der Waals surface area contributed by atoms with Gasteiger partial charge in [0.25, 0.3) is 0 Å². The van der Waals surface area contributed by atoms with Gasteiger partial charge in [-0.2, -0.15) is 0 Å². The maximum atomic E-state index is 2.61. The Morgan fingerprint density at radius 2 is 0.395 bits per heavy atom. The van der Waals surface area contributed by atoms with Crippen LogP contribution < -0.4 is 9.80 Å². The summed E-state index contributed by atoms with van der Waals surface area (Å²) < 4.78 is 0. The van der Waals surface area contributed by atoms with Crippen LogP contribution in [0.2, 0.25) is 0 Å². The van der Waals surface area contributed by atoms with E-state index in [-0.39, 0.29) is 21.7 Å². The molecule has 2 nitrogen and oxygen atoms in total. The molecule has 0 amide bonds. The highest BCUT2D eigenvalue weighted by Crippen LogP contribution is 2.63. The molecule has 2 heteroatoms. The van der Waals surface area contributed by atoms with Crippen LogP contribution in [-0.4, -0.2) is 0 Å². The molecule has 8 aliphatic rings. The fourth-order valence-corrected chi connectivity index (χ4v) is 18.0. The predicted octanol–water partition coefficient (Wildman–Crippen LogP) is 20.0. The average molecular weight is 981 g/mol. The van der Waals surface area contributed by atoms with Gasteiger partial charge in [0.05, 0.1) is 0 Å². The van der Waals surface area contributed by atoms with Crippen LogP contribution in [0, 0.1) is 0 Å². The molecule has 0 unspecified atom stereocenters. The zero-order valence-electron chi connectivity index (χ0n) is 43.7. The van der Waals surface area contributed by atoms with E-state index < -0.39 is 0 Å². The van der Waals surface area contributed by atoms with Crippen molar-refractivity contribution in [1.29, 1.82) is 0 Å². The molecule has 9 aromatic rings. The van der Waals surface area contributed by atoms with Crippen molar-refractivity contribution in [2.24, 2.45) is 0 Å². The van der Waals surface area contributed by atoms with Gasteiger partial charge in [-0.3, -0.25) is 0 Å². The van der Waals surface area contributed by atoms with Gasteiger partial charge in [-0.1, -0.05) is 173 Å². The van der Waals surface area contributed by atoms with E-state index in [2.05, 4.69) is 204 Å². The summed E-state index contributed by atoms with van der Waals surface area (Å²) in [7, 11) is 0. The quantitative estimate of drug-likeness (QED) is 0.164. The number of rotatable bonds is 6. The van der Waals surface area contributed by atoms with E-state index in [4.69, 9.17) is 0 Å². The first kappa shape index (κ1) is 43.8. The Morgan fingerprint density at radius 1 is 0.197 bits per heavy atom. The molecule has 370 valence electrons. The van der Waals surface area contributed by atoms with E-state index in [9.17, 15) is 0 Å². The summed E-state index contributed by atoms with van der Waals surface area (Å²) in [6.07, 6.45) is 20.0. The highest BCUT2D eigenvalue weighted by molar-refractivity contribution is 5.92. The topological polar surface area (TPSA) is 6.48 Å². The van der Waals surface area contributed by atoms with Gasteiger partial charge in [0, 0.05) is 55.8 Å². The molecule has 17 rings (SSSR count).